The number of carbonyl (C=O) groups excluding carboxylic acids is 1. The third kappa shape index (κ3) is 4.52. The fourth-order valence-electron chi connectivity index (χ4n) is 1.79. The van der Waals surface area contributed by atoms with E-state index in [2.05, 4.69) is 26.1 Å². The molecule has 1 aliphatic heterocycles. The maximum atomic E-state index is 12.2. The zero-order valence-electron chi connectivity index (χ0n) is 10.4. The number of hydrogen-bond donors (Lipinski definition) is 1. The van der Waals surface area contributed by atoms with E-state index in [4.69, 9.17) is 0 Å². The monoisotopic (exact) mass is 266 g/mol. The standard InChI is InChI=1S/C11H22N2OS.ClH/c1-4-15-10(9(2)3)11(14)13-7-5-12-6-8-13;/h9-10,12H,4-8H2,1-3H3;1H. The lowest BCUT2D eigenvalue weighted by Crippen LogP contribution is -2.50. The number of piperazine rings is 1. The van der Waals surface area contributed by atoms with E-state index in [1.54, 1.807) is 11.8 Å². The molecule has 1 fully saturated rings. The number of halogens is 1. The van der Waals surface area contributed by atoms with E-state index >= 15 is 0 Å². The molecule has 3 nitrogen and oxygen atoms in total. The van der Waals surface area contributed by atoms with Gasteiger partial charge in [0.25, 0.3) is 0 Å². The molecule has 0 aromatic heterocycles. The van der Waals surface area contributed by atoms with Crippen LogP contribution in [0.1, 0.15) is 20.8 Å². The summed E-state index contributed by atoms with van der Waals surface area (Å²) in [5, 5.41) is 3.42. The highest BCUT2D eigenvalue weighted by Gasteiger charge is 2.27. The molecule has 5 heteroatoms. The summed E-state index contributed by atoms with van der Waals surface area (Å²) in [6.07, 6.45) is 0. The molecule has 1 heterocycles. The maximum absolute atomic E-state index is 12.2. The first kappa shape index (κ1) is 16.1. The first-order valence-corrected chi connectivity index (χ1v) is 6.82. The van der Waals surface area contributed by atoms with Crippen LogP contribution in [0.5, 0.6) is 0 Å². The zero-order chi connectivity index (χ0) is 11.3. The largest absolute Gasteiger partial charge is 0.339 e. The number of rotatable bonds is 4. The quantitative estimate of drug-likeness (QED) is 0.839. The molecule has 16 heavy (non-hydrogen) atoms. The minimum absolute atomic E-state index is 0. The Morgan fingerprint density at radius 1 is 1.38 bits per heavy atom. The normalized spacial score (nSPS) is 18.1. The van der Waals surface area contributed by atoms with Gasteiger partial charge in [-0.05, 0) is 11.7 Å². The number of hydrogen-bond acceptors (Lipinski definition) is 3. The fraction of sp³-hybridized carbons (Fsp3) is 0.909. The summed E-state index contributed by atoms with van der Waals surface area (Å²) in [5.41, 5.74) is 0. The second-order valence-electron chi connectivity index (χ2n) is 4.20. The van der Waals surface area contributed by atoms with E-state index in [1.165, 1.54) is 0 Å². The molecule has 0 saturated carbocycles. The van der Waals surface area contributed by atoms with Gasteiger partial charge in [0.05, 0.1) is 5.25 Å². The minimum atomic E-state index is 0. The first-order valence-electron chi connectivity index (χ1n) is 5.78. The summed E-state index contributed by atoms with van der Waals surface area (Å²) < 4.78 is 0. The van der Waals surface area contributed by atoms with Crippen LogP contribution in [-0.2, 0) is 4.79 Å². The predicted molar refractivity (Wildman–Crippen MR) is 73.5 cm³/mol. The van der Waals surface area contributed by atoms with Crippen LogP contribution >= 0.6 is 24.2 Å². The average molecular weight is 267 g/mol. The van der Waals surface area contributed by atoms with Crippen LogP contribution < -0.4 is 5.32 Å². The maximum Gasteiger partial charge on any atom is 0.236 e. The number of carbonyl (C=O) groups is 1. The van der Waals surface area contributed by atoms with Crippen LogP contribution in [-0.4, -0.2) is 48.0 Å². The van der Waals surface area contributed by atoms with Crippen LogP contribution in [0.15, 0.2) is 0 Å². The molecular weight excluding hydrogens is 244 g/mol. The lowest BCUT2D eigenvalue weighted by atomic mass is 10.1. The molecule has 0 radical (unpaired) electrons. The molecule has 1 amide bonds. The number of thioether (sulfide) groups is 1. The molecule has 96 valence electrons. The van der Waals surface area contributed by atoms with Gasteiger partial charge in [0.1, 0.15) is 0 Å². The lowest BCUT2D eigenvalue weighted by molar-refractivity contribution is -0.131. The van der Waals surface area contributed by atoms with Gasteiger partial charge in [-0.3, -0.25) is 4.79 Å². The van der Waals surface area contributed by atoms with Gasteiger partial charge in [-0.2, -0.15) is 0 Å². The van der Waals surface area contributed by atoms with Gasteiger partial charge in [-0.15, -0.1) is 24.2 Å². The molecule has 0 aromatic rings. The van der Waals surface area contributed by atoms with Crippen molar-refractivity contribution < 1.29 is 4.79 Å². The molecular formula is C11H23ClN2OS. The molecule has 0 aromatic carbocycles. The molecule has 1 saturated heterocycles. The SMILES string of the molecule is CCSC(C(=O)N1CCNCC1)C(C)C.Cl. The smallest absolute Gasteiger partial charge is 0.236 e. The van der Waals surface area contributed by atoms with Gasteiger partial charge >= 0.3 is 0 Å². The van der Waals surface area contributed by atoms with E-state index in [1.807, 2.05) is 4.90 Å². The summed E-state index contributed by atoms with van der Waals surface area (Å²) >= 11 is 1.77. The molecule has 1 unspecified atom stereocenters. The zero-order valence-corrected chi connectivity index (χ0v) is 12.0. The van der Waals surface area contributed by atoms with Gasteiger partial charge in [0.15, 0.2) is 0 Å². The summed E-state index contributed by atoms with van der Waals surface area (Å²) in [6, 6.07) is 0. The minimum Gasteiger partial charge on any atom is -0.339 e. The molecule has 1 aliphatic rings. The van der Waals surface area contributed by atoms with Gasteiger partial charge in [-0.1, -0.05) is 20.8 Å². The van der Waals surface area contributed by atoms with E-state index in [9.17, 15) is 4.79 Å². The van der Waals surface area contributed by atoms with Crippen molar-refractivity contribution in [2.75, 3.05) is 31.9 Å². The summed E-state index contributed by atoms with van der Waals surface area (Å²) in [5.74, 6) is 1.77. The lowest BCUT2D eigenvalue weighted by Gasteiger charge is -2.32. The van der Waals surface area contributed by atoms with Crippen molar-refractivity contribution in [1.82, 2.24) is 10.2 Å². The van der Waals surface area contributed by atoms with Crippen molar-refractivity contribution in [2.24, 2.45) is 5.92 Å². The van der Waals surface area contributed by atoms with Gasteiger partial charge in [0, 0.05) is 26.2 Å². The Morgan fingerprint density at radius 3 is 2.38 bits per heavy atom. The Labute approximate surface area is 109 Å². The second kappa shape index (κ2) is 8.20. The highest BCUT2D eigenvalue weighted by Crippen LogP contribution is 2.21. The summed E-state index contributed by atoms with van der Waals surface area (Å²) in [7, 11) is 0. The van der Waals surface area contributed by atoms with Crippen molar-refractivity contribution >= 4 is 30.1 Å². The highest BCUT2D eigenvalue weighted by atomic mass is 35.5. The molecule has 1 N–H and O–H groups in total. The Hall–Kier alpha value is 0.0700. The predicted octanol–water partition coefficient (Wildman–Crippen LogP) is 1.62. The van der Waals surface area contributed by atoms with Crippen LogP contribution in [0.4, 0.5) is 0 Å². The molecule has 1 atom stereocenters. The van der Waals surface area contributed by atoms with Crippen molar-refractivity contribution in [2.45, 2.75) is 26.0 Å². The van der Waals surface area contributed by atoms with Crippen molar-refractivity contribution in [3.8, 4) is 0 Å². The summed E-state index contributed by atoms with van der Waals surface area (Å²) in [4.78, 5) is 14.2. The second-order valence-corrected chi connectivity index (χ2v) is 5.61. The molecule has 0 aliphatic carbocycles. The average Bonchev–Trinajstić information content (AvgIpc) is 2.26. The van der Waals surface area contributed by atoms with Crippen LogP contribution in [0.2, 0.25) is 0 Å². The number of nitrogens with zero attached hydrogens (tertiary/aromatic N) is 1. The summed E-state index contributed by atoms with van der Waals surface area (Å²) in [6.45, 7) is 9.99. The molecule has 0 bridgehead atoms. The Balaban J connectivity index is 0.00000225. The van der Waals surface area contributed by atoms with Crippen LogP contribution in [0, 0.1) is 5.92 Å². The first-order chi connectivity index (χ1) is 7.16. The molecule has 1 rings (SSSR count). The van der Waals surface area contributed by atoms with Crippen molar-refractivity contribution in [3.63, 3.8) is 0 Å². The Morgan fingerprint density at radius 2 is 1.94 bits per heavy atom. The van der Waals surface area contributed by atoms with Gasteiger partial charge in [0.2, 0.25) is 5.91 Å². The molecule has 0 spiro atoms. The van der Waals surface area contributed by atoms with Crippen molar-refractivity contribution in [3.05, 3.63) is 0 Å². The third-order valence-electron chi connectivity index (χ3n) is 2.62. The van der Waals surface area contributed by atoms with Crippen molar-refractivity contribution in [1.29, 1.82) is 0 Å². The van der Waals surface area contributed by atoms with E-state index in [0.29, 0.717) is 11.8 Å². The number of amides is 1. The van der Waals surface area contributed by atoms with Gasteiger partial charge < -0.3 is 10.2 Å². The fourth-order valence-corrected chi connectivity index (χ4v) is 2.83. The van der Waals surface area contributed by atoms with E-state index < -0.39 is 0 Å². The Kier molecular flexibility index (Phi) is 8.24. The van der Waals surface area contributed by atoms with E-state index in [0.717, 1.165) is 31.9 Å². The van der Waals surface area contributed by atoms with E-state index in [-0.39, 0.29) is 17.7 Å². The Bertz CT molecular complexity index is 208. The van der Waals surface area contributed by atoms with Crippen LogP contribution in [0.25, 0.3) is 0 Å². The van der Waals surface area contributed by atoms with Crippen LogP contribution in [0.3, 0.4) is 0 Å². The van der Waals surface area contributed by atoms with Gasteiger partial charge in [-0.25, -0.2) is 0 Å². The topological polar surface area (TPSA) is 32.3 Å². The highest BCUT2D eigenvalue weighted by molar-refractivity contribution is 8.00. The number of nitrogens with one attached hydrogen (secondary N) is 1. The third-order valence-corrected chi connectivity index (χ3v) is 4.06.